The minimum Gasteiger partial charge on any atom is -0.530 e. The van der Waals surface area contributed by atoms with Crippen LogP contribution in [0.4, 0.5) is 24.0 Å². The van der Waals surface area contributed by atoms with Crippen LogP contribution in [0, 0.1) is 0 Å². The van der Waals surface area contributed by atoms with Crippen molar-refractivity contribution < 1.29 is 126 Å². The van der Waals surface area contributed by atoms with Crippen molar-refractivity contribution in [1.82, 2.24) is 14.7 Å². The first kappa shape index (κ1) is 32.0. The Morgan fingerprint density at radius 2 is 0.760 bits per heavy atom. The van der Waals surface area contributed by atoms with Gasteiger partial charge in [-0.25, -0.2) is 0 Å². The van der Waals surface area contributed by atoms with E-state index in [-0.39, 0.29) is 90.9 Å². The van der Waals surface area contributed by atoms with Crippen LogP contribution < -0.4 is 84.6 Å². The summed E-state index contributed by atoms with van der Waals surface area (Å²) in [6.07, 6.45) is -10.6. The van der Waals surface area contributed by atoms with Crippen molar-refractivity contribution in [3.63, 3.8) is 0 Å². The van der Waals surface area contributed by atoms with E-state index < -0.39 is 56.6 Å². The molecule has 0 aliphatic heterocycles. The zero-order chi connectivity index (χ0) is 17.4. The van der Waals surface area contributed by atoms with Gasteiger partial charge in [0.05, 0.1) is 0 Å². The SMILES string of the molecule is O=C([O-])N(CCN(C(=O)[O-])C(=O)[O-])CCN(C(=O)[O-])C(=O)[O-].[Fe+3].[Na+].[Na+]. The molecule has 0 aliphatic carbocycles. The molecular weight excluding hydrogens is 412 g/mol. The maximum Gasteiger partial charge on any atom is 3.00 e. The van der Waals surface area contributed by atoms with Crippen LogP contribution in [0.1, 0.15) is 0 Å². The van der Waals surface area contributed by atoms with Crippen LogP contribution in [-0.4, -0.2) is 71.3 Å². The summed E-state index contributed by atoms with van der Waals surface area (Å²) >= 11 is 0. The van der Waals surface area contributed by atoms with E-state index in [1.54, 1.807) is 0 Å². The number of nitrogens with zero attached hydrogens (tertiary/aromatic N) is 3. The molecule has 0 bridgehead atoms. The third-order valence-electron chi connectivity index (χ3n) is 2.33. The number of hydrogen-bond donors (Lipinski definition) is 0. The summed E-state index contributed by atoms with van der Waals surface area (Å²) in [5.74, 6) is 0. The van der Waals surface area contributed by atoms with E-state index in [2.05, 4.69) is 0 Å². The van der Waals surface area contributed by atoms with Crippen LogP contribution in [0.15, 0.2) is 0 Å². The van der Waals surface area contributed by atoms with E-state index >= 15 is 0 Å². The second kappa shape index (κ2) is 15.5. The summed E-state index contributed by atoms with van der Waals surface area (Å²) in [4.78, 5) is 51.9. The minimum atomic E-state index is -2.16. The van der Waals surface area contributed by atoms with E-state index in [0.29, 0.717) is 0 Å². The van der Waals surface area contributed by atoms with Crippen molar-refractivity contribution in [2.45, 2.75) is 0 Å². The Hall–Kier alpha value is -0.731. The van der Waals surface area contributed by atoms with Gasteiger partial charge in [0.25, 0.3) is 0 Å². The molecular formula is C9H8FeN3Na2O10. The van der Waals surface area contributed by atoms with E-state index in [0.717, 1.165) is 0 Å². The number of imide groups is 2. The second-order valence-electron chi connectivity index (χ2n) is 3.62. The molecule has 0 aromatic carbocycles. The summed E-state index contributed by atoms with van der Waals surface area (Å²) < 4.78 is 0. The maximum atomic E-state index is 10.7. The summed E-state index contributed by atoms with van der Waals surface area (Å²) in [5, 5.41) is 52.3. The molecule has 0 atom stereocenters. The molecule has 0 N–H and O–H groups in total. The van der Waals surface area contributed by atoms with Gasteiger partial charge in [0.15, 0.2) is 0 Å². The molecule has 13 nitrogen and oxygen atoms in total. The van der Waals surface area contributed by atoms with Gasteiger partial charge in [-0.05, 0) is 0 Å². The molecule has 25 heavy (non-hydrogen) atoms. The molecule has 0 rings (SSSR count). The third kappa shape index (κ3) is 12.3. The van der Waals surface area contributed by atoms with Crippen LogP contribution in [0.25, 0.3) is 0 Å². The van der Waals surface area contributed by atoms with Crippen molar-refractivity contribution in [2.24, 2.45) is 0 Å². The summed E-state index contributed by atoms with van der Waals surface area (Å²) in [5.41, 5.74) is 0. The number of amides is 5. The van der Waals surface area contributed by atoms with Gasteiger partial charge in [-0.2, -0.15) is 0 Å². The largest absolute Gasteiger partial charge is 3.00 e. The predicted octanol–water partition coefficient (Wildman–Crippen LogP) is -12.4. The molecule has 0 heterocycles. The number of carbonyl (C=O) groups excluding carboxylic acids is 5. The Balaban J connectivity index is -0.000000735. The van der Waals surface area contributed by atoms with Crippen LogP contribution in [0.5, 0.6) is 0 Å². The molecule has 0 saturated heterocycles. The molecule has 0 fully saturated rings. The molecule has 0 saturated carbocycles. The van der Waals surface area contributed by atoms with Crippen LogP contribution >= 0.6 is 0 Å². The van der Waals surface area contributed by atoms with Gasteiger partial charge in [0.2, 0.25) is 0 Å². The van der Waals surface area contributed by atoms with E-state index in [1.807, 2.05) is 0 Å². The second-order valence-corrected chi connectivity index (χ2v) is 3.62. The molecule has 0 aliphatic rings. The summed E-state index contributed by atoms with van der Waals surface area (Å²) in [7, 11) is 0. The first-order valence-electron chi connectivity index (χ1n) is 5.42. The zero-order valence-electron chi connectivity index (χ0n) is 13.1. The molecule has 0 unspecified atom stereocenters. The molecule has 1 radical (unpaired) electrons. The predicted molar refractivity (Wildman–Crippen MR) is 52.0 cm³/mol. The van der Waals surface area contributed by atoms with E-state index in [9.17, 15) is 49.5 Å². The van der Waals surface area contributed by atoms with Crippen LogP contribution in [0.2, 0.25) is 0 Å². The standard InChI is InChI=1S/C9H13N3O10.Fe.2Na/c13-5(14)10(1-3-11(6(15)16)7(17)18)2-4-12(8(19)20)9(21)22;;;/h1-4H2,(H,13,14)(H,15,16)(H,17,18)(H,19,20)(H,21,22);;;/q;+3;2*+1/p-5. The third-order valence-corrected chi connectivity index (χ3v) is 2.33. The fourth-order valence-corrected chi connectivity index (χ4v) is 1.25. The Labute approximate surface area is 195 Å². The van der Waals surface area contributed by atoms with Crippen LogP contribution in [-0.2, 0) is 17.1 Å². The zero-order valence-corrected chi connectivity index (χ0v) is 18.2. The topological polar surface area (TPSA) is 210 Å². The number of hydrogen-bond acceptors (Lipinski definition) is 10. The monoisotopic (exact) mass is 420 g/mol. The van der Waals surface area contributed by atoms with Gasteiger partial charge in [-0.1, -0.05) is 0 Å². The molecule has 0 aromatic rings. The Morgan fingerprint density at radius 3 is 0.920 bits per heavy atom. The van der Waals surface area contributed by atoms with Gasteiger partial charge in [0.1, 0.15) is 30.5 Å². The van der Waals surface area contributed by atoms with Crippen molar-refractivity contribution in [3.05, 3.63) is 0 Å². The number of rotatable bonds is 6. The van der Waals surface area contributed by atoms with E-state index in [4.69, 9.17) is 0 Å². The van der Waals surface area contributed by atoms with Gasteiger partial charge >= 0.3 is 76.2 Å². The maximum absolute atomic E-state index is 10.7. The minimum absolute atomic E-state index is 0. The van der Waals surface area contributed by atoms with Crippen molar-refractivity contribution in [2.75, 3.05) is 26.2 Å². The fourth-order valence-electron chi connectivity index (χ4n) is 1.25. The smallest absolute Gasteiger partial charge is 0.530 e. The van der Waals surface area contributed by atoms with Crippen molar-refractivity contribution in [3.8, 4) is 0 Å². The average molecular weight is 420 g/mol. The average Bonchev–Trinajstić information content (AvgIpc) is 2.34. The molecule has 0 spiro atoms. The van der Waals surface area contributed by atoms with Crippen LogP contribution in [0.3, 0.4) is 0 Å². The van der Waals surface area contributed by atoms with Crippen molar-refractivity contribution >= 4 is 30.5 Å². The molecule has 129 valence electrons. The summed E-state index contributed by atoms with van der Waals surface area (Å²) in [6.45, 7) is -3.35. The Kier molecular flexibility index (Phi) is 19.9. The van der Waals surface area contributed by atoms with Crippen molar-refractivity contribution in [1.29, 1.82) is 0 Å². The van der Waals surface area contributed by atoms with E-state index in [1.165, 1.54) is 0 Å². The molecule has 16 heteroatoms. The Morgan fingerprint density at radius 1 is 0.520 bits per heavy atom. The first-order valence-corrected chi connectivity index (χ1v) is 5.42. The first-order chi connectivity index (χ1) is 10.1. The van der Waals surface area contributed by atoms with Gasteiger partial charge in [-0.3, -0.25) is 0 Å². The van der Waals surface area contributed by atoms with Gasteiger partial charge in [-0.15, -0.1) is 0 Å². The normalized spacial score (nSPS) is 8.48. The quantitative estimate of drug-likeness (QED) is 0.370. The molecule has 0 aromatic heterocycles. The number of carboxylic acid groups (broad SMARTS) is 5. The molecule has 5 amide bonds. The Bertz CT molecular complexity index is 430. The fraction of sp³-hybridized carbons (Fsp3) is 0.444. The van der Waals surface area contributed by atoms with Gasteiger partial charge in [0, 0.05) is 26.2 Å². The van der Waals surface area contributed by atoms with Gasteiger partial charge < -0.3 is 64.2 Å². The summed E-state index contributed by atoms with van der Waals surface area (Å²) in [6, 6.07) is 0. The number of carbonyl (C=O) groups is 5.